The van der Waals surface area contributed by atoms with Gasteiger partial charge in [-0.2, -0.15) is 0 Å². The molecule has 106 valence electrons. The van der Waals surface area contributed by atoms with E-state index in [0.29, 0.717) is 0 Å². The summed E-state index contributed by atoms with van der Waals surface area (Å²) in [5.41, 5.74) is 2.76. The van der Waals surface area contributed by atoms with Crippen LogP contribution in [0.5, 0.6) is 0 Å². The van der Waals surface area contributed by atoms with Crippen molar-refractivity contribution in [2.75, 3.05) is 0 Å². The Labute approximate surface area is 118 Å². The van der Waals surface area contributed by atoms with E-state index in [1.165, 1.54) is 43.2 Å². The normalized spacial score (nSPS) is 24.4. The number of nitrogens with one attached hydrogen (secondary N) is 1. The first-order valence-corrected chi connectivity index (χ1v) is 7.94. The van der Waals surface area contributed by atoms with Gasteiger partial charge in [0.15, 0.2) is 0 Å². The molecule has 2 unspecified atom stereocenters. The van der Waals surface area contributed by atoms with E-state index in [0.717, 1.165) is 24.4 Å². The smallest absolute Gasteiger partial charge is 0.0208 e. The van der Waals surface area contributed by atoms with Crippen molar-refractivity contribution in [3.8, 4) is 0 Å². The van der Waals surface area contributed by atoms with Gasteiger partial charge in [0.25, 0.3) is 0 Å². The van der Waals surface area contributed by atoms with Crippen molar-refractivity contribution in [2.24, 2.45) is 11.8 Å². The van der Waals surface area contributed by atoms with Gasteiger partial charge in [0, 0.05) is 12.6 Å². The van der Waals surface area contributed by atoms with Gasteiger partial charge < -0.3 is 5.32 Å². The average molecular weight is 259 g/mol. The number of aryl methyl sites for hydroxylation is 1. The van der Waals surface area contributed by atoms with Crippen LogP contribution in [0, 0.1) is 18.8 Å². The Hall–Kier alpha value is -0.820. The van der Waals surface area contributed by atoms with Crippen LogP contribution < -0.4 is 5.32 Å². The van der Waals surface area contributed by atoms with Crippen LogP contribution in [0.2, 0.25) is 0 Å². The molecule has 19 heavy (non-hydrogen) atoms. The van der Waals surface area contributed by atoms with E-state index in [4.69, 9.17) is 0 Å². The summed E-state index contributed by atoms with van der Waals surface area (Å²) in [6.07, 6.45) is 6.95. The third-order valence-corrected chi connectivity index (χ3v) is 4.67. The van der Waals surface area contributed by atoms with Gasteiger partial charge in [-0.05, 0) is 43.6 Å². The Morgan fingerprint density at radius 3 is 2.47 bits per heavy atom. The molecule has 1 heteroatoms. The molecule has 1 aliphatic carbocycles. The van der Waals surface area contributed by atoms with Gasteiger partial charge in [-0.3, -0.25) is 0 Å². The highest BCUT2D eigenvalue weighted by atomic mass is 14.9. The number of hydrogen-bond acceptors (Lipinski definition) is 1. The molecule has 0 amide bonds. The van der Waals surface area contributed by atoms with Crippen LogP contribution in [-0.2, 0) is 6.54 Å². The molecule has 0 saturated heterocycles. The third kappa shape index (κ3) is 4.65. The molecule has 0 heterocycles. The second kappa shape index (κ2) is 7.09. The molecule has 1 aromatic rings. The Balaban J connectivity index is 1.78. The summed E-state index contributed by atoms with van der Waals surface area (Å²) in [7, 11) is 0. The Morgan fingerprint density at radius 1 is 1.05 bits per heavy atom. The molecule has 2 atom stereocenters. The van der Waals surface area contributed by atoms with Crippen LogP contribution in [0.4, 0.5) is 0 Å². The minimum atomic E-state index is 0.727. The lowest BCUT2D eigenvalue weighted by molar-refractivity contribution is 0.337. The van der Waals surface area contributed by atoms with Crippen molar-refractivity contribution in [1.29, 1.82) is 0 Å². The van der Waals surface area contributed by atoms with E-state index < -0.39 is 0 Å². The Kier molecular flexibility index (Phi) is 5.45. The molecule has 1 N–H and O–H groups in total. The minimum absolute atomic E-state index is 0.727. The van der Waals surface area contributed by atoms with Crippen molar-refractivity contribution < 1.29 is 0 Å². The van der Waals surface area contributed by atoms with Crippen LogP contribution in [0.1, 0.15) is 57.1 Å². The summed E-state index contributed by atoms with van der Waals surface area (Å²) < 4.78 is 0. The van der Waals surface area contributed by atoms with E-state index in [1.807, 2.05) is 0 Å². The predicted octanol–water partition coefficient (Wildman–Crippen LogP) is 4.69. The first kappa shape index (κ1) is 14.6. The molecule has 0 spiro atoms. The maximum atomic E-state index is 3.76. The van der Waals surface area contributed by atoms with E-state index in [-0.39, 0.29) is 0 Å². The van der Waals surface area contributed by atoms with Crippen LogP contribution >= 0.6 is 0 Å². The highest BCUT2D eigenvalue weighted by Crippen LogP contribution is 2.28. The standard InChI is InChI=1S/C18H29N/c1-14(2)17-5-4-6-18(12-11-17)19-13-16-9-7-15(3)8-10-16/h7-10,14,17-19H,4-6,11-13H2,1-3H3. The topological polar surface area (TPSA) is 12.0 Å². The summed E-state index contributed by atoms with van der Waals surface area (Å²) in [4.78, 5) is 0. The lowest BCUT2D eigenvalue weighted by Gasteiger charge is -2.19. The zero-order chi connectivity index (χ0) is 13.7. The van der Waals surface area contributed by atoms with Gasteiger partial charge in [-0.25, -0.2) is 0 Å². The summed E-state index contributed by atoms with van der Waals surface area (Å²) >= 11 is 0. The molecule has 1 aliphatic rings. The quantitative estimate of drug-likeness (QED) is 0.774. The highest BCUT2D eigenvalue weighted by molar-refractivity contribution is 5.21. The van der Waals surface area contributed by atoms with Crippen LogP contribution in [0.3, 0.4) is 0 Å². The van der Waals surface area contributed by atoms with Gasteiger partial charge in [0.2, 0.25) is 0 Å². The van der Waals surface area contributed by atoms with Gasteiger partial charge in [0.1, 0.15) is 0 Å². The van der Waals surface area contributed by atoms with Crippen molar-refractivity contribution >= 4 is 0 Å². The molecular formula is C18H29N. The van der Waals surface area contributed by atoms with Gasteiger partial charge in [-0.15, -0.1) is 0 Å². The monoisotopic (exact) mass is 259 g/mol. The van der Waals surface area contributed by atoms with Crippen molar-refractivity contribution in [3.05, 3.63) is 35.4 Å². The van der Waals surface area contributed by atoms with E-state index in [1.54, 1.807) is 0 Å². The summed E-state index contributed by atoms with van der Waals surface area (Å²) in [6, 6.07) is 9.63. The van der Waals surface area contributed by atoms with Crippen LogP contribution in [-0.4, -0.2) is 6.04 Å². The molecular weight excluding hydrogens is 230 g/mol. The number of rotatable bonds is 4. The molecule has 0 radical (unpaired) electrons. The first-order chi connectivity index (χ1) is 9.15. The maximum Gasteiger partial charge on any atom is 0.0208 e. The van der Waals surface area contributed by atoms with Crippen molar-refractivity contribution in [3.63, 3.8) is 0 Å². The third-order valence-electron chi connectivity index (χ3n) is 4.67. The fraction of sp³-hybridized carbons (Fsp3) is 0.667. The summed E-state index contributed by atoms with van der Waals surface area (Å²) in [5.74, 6) is 1.81. The highest BCUT2D eigenvalue weighted by Gasteiger charge is 2.20. The molecule has 0 aromatic heterocycles. The molecule has 0 bridgehead atoms. The zero-order valence-electron chi connectivity index (χ0n) is 12.8. The second-order valence-corrected chi connectivity index (χ2v) is 6.58. The molecule has 0 aliphatic heterocycles. The molecule has 1 saturated carbocycles. The lowest BCUT2D eigenvalue weighted by atomic mass is 9.89. The molecule has 1 fully saturated rings. The largest absolute Gasteiger partial charge is 0.310 e. The first-order valence-electron chi connectivity index (χ1n) is 7.94. The minimum Gasteiger partial charge on any atom is -0.310 e. The molecule has 1 aromatic carbocycles. The van der Waals surface area contributed by atoms with Crippen LogP contribution in [0.25, 0.3) is 0 Å². The van der Waals surface area contributed by atoms with Gasteiger partial charge in [0.05, 0.1) is 0 Å². The maximum absolute atomic E-state index is 3.76. The fourth-order valence-corrected chi connectivity index (χ4v) is 3.17. The second-order valence-electron chi connectivity index (χ2n) is 6.58. The zero-order valence-corrected chi connectivity index (χ0v) is 12.8. The number of hydrogen-bond donors (Lipinski definition) is 1. The summed E-state index contributed by atoms with van der Waals surface area (Å²) in [5, 5.41) is 3.76. The molecule has 2 rings (SSSR count). The average Bonchev–Trinajstić information content (AvgIpc) is 2.63. The van der Waals surface area contributed by atoms with Crippen molar-refractivity contribution in [2.45, 2.75) is 65.5 Å². The van der Waals surface area contributed by atoms with Crippen LogP contribution in [0.15, 0.2) is 24.3 Å². The van der Waals surface area contributed by atoms with Gasteiger partial charge in [-0.1, -0.05) is 56.5 Å². The Bertz CT molecular complexity index is 366. The predicted molar refractivity (Wildman–Crippen MR) is 83.2 cm³/mol. The SMILES string of the molecule is Cc1ccc(CNC2CCCC(C(C)C)CC2)cc1. The summed E-state index contributed by atoms with van der Waals surface area (Å²) in [6.45, 7) is 7.93. The molecule has 1 nitrogen and oxygen atoms in total. The fourth-order valence-electron chi connectivity index (χ4n) is 3.17. The van der Waals surface area contributed by atoms with E-state index in [9.17, 15) is 0 Å². The Morgan fingerprint density at radius 2 is 1.79 bits per heavy atom. The number of benzene rings is 1. The van der Waals surface area contributed by atoms with E-state index >= 15 is 0 Å². The van der Waals surface area contributed by atoms with E-state index in [2.05, 4.69) is 50.4 Å². The lowest BCUT2D eigenvalue weighted by Crippen LogP contribution is -2.28. The van der Waals surface area contributed by atoms with Gasteiger partial charge >= 0.3 is 0 Å². The van der Waals surface area contributed by atoms with Crippen molar-refractivity contribution in [1.82, 2.24) is 5.32 Å².